The molecule has 2 saturated heterocycles. The lowest BCUT2D eigenvalue weighted by atomic mass is 10.2. The number of nitrogens with zero attached hydrogens (tertiary/aromatic N) is 6. The molecule has 2 atom stereocenters. The molecular weight excluding hydrogens is 501 g/mol. The summed E-state index contributed by atoms with van der Waals surface area (Å²) in [4.78, 5) is 16.8. The molecule has 0 bridgehead atoms. The Morgan fingerprint density at radius 1 is 1.28 bits per heavy atom. The molecule has 29 heavy (non-hydrogen) atoms. The van der Waals surface area contributed by atoms with E-state index in [1.807, 2.05) is 0 Å². The van der Waals surface area contributed by atoms with Crippen LogP contribution in [-0.2, 0) is 11.2 Å². The Labute approximate surface area is 196 Å². The fourth-order valence-electron chi connectivity index (χ4n) is 3.77. The van der Waals surface area contributed by atoms with Crippen LogP contribution in [0, 0.1) is 0 Å². The van der Waals surface area contributed by atoms with Crippen LogP contribution < -0.4 is 10.2 Å². The van der Waals surface area contributed by atoms with E-state index in [9.17, 15) is 0 Å². The van der Waals surface area contributed by atoms with Crippen LogP contribution in [0.1, 0.15) is 33.5 Å². The Kier molecular flexibility index (Phi) is 10.3. The van der Waals surface area contributed by atoms with E-state index in [2.05, 4.69) is 57.1 Å². The highest BCUT2D eigenvalue weighted by Gasteiger charge is 2.25. The van der Waals surface area contributed by atoms with Crippen LogP contribution in [0.5, 0.6) is 0 Å². The van der Waals surface area contributed by atoms with Crippen molar-refractivity contribution in [2.75, 3.05) is 63.9 Å². The van der Waals surface area contributed by atoms with Gasteiger partial charge in [0.1, 0.15) is 5.82 Å². The first-order valence-corrected chi connectivity index (χ1v) is 11.3. The standard InChI is InChI=1S/C19H35N7OS.HI/c1-5-17-22-19(28-23-17)25-9-7-24(8-10-25)18(20-6-2)21-13-15(3)26-11-12-27-14-16(26)4;/h15-16H,5-14H2,1-4H3,(H,20,21);1H. The fourth-order valence-corrected chi connectivity index (χ4v) is 4.57. The summed E-state index contributed by atoms with van der Waals surface area (Å²) < 4.78 is 9.98. The Hall–Kier alpha value is -0.720. The molecule has 3 heterocycles. The molecule has 1 N–H and O–H groups in total. The minimum Gasteiger partial charge on any atom is -0.379 e. The number of rotatable bonds is 6. The van der Waals surface area contributed by atoms with Crippen molar-refractivity contribution in [3.8, 4) is 0 Å². The topological polar surface area (TPSA) is 69.1 Å². The predicted octanol–water partition coefficient (Wildman–Crippen LogP) is 1.92. The van der Waals surface area contributed by atoms with Gasteiger partial charge >= 0.3 is 0 Å². The zero-order valence-corrected chi connectivity index (χ0v) is 21.3. The van der Waals surface area contributed by atoms with E-state index in [0.717, 1.165) is 82.4 Å². The second kappa shape index (κ2) is 12.2. The van der Waals surface area contributed by atoms with Crippen LogP contribution in [0.15, 0.2) is 4.99 Å². The second-order valence-electron chi connectivity index (χ2n) is 7.53. The lowest BCUT2D eigenvalue weighted by molar-refractivity contribution is -0.0166. The van der Waals surface area contributed by atoms with Gasteiger partial charge in [-0.05, 0) is 20.8 Å². The van der Waals surface area contributed by atoms with Gasteiger partial charge in [-0.2, -0.15) is 4.37 Å². The van der Waals surface area contributed by atoms with E-state index in [1.54, 1.807) is 0 Å². The van der Waals surface area contributed by atoms with Crippen LogP contribution in [0.25, 0.3) is 0 Å². The molecule has 0 aliphatic carbocycles. The molecule has 166 valence electrons. The maximum atomic E-state index is 5.57. The summed E-state index contributed by atoms with van der Waals surface area (Å²) in [5.41, 5.74) is 0. The zero-order chi connectivity index (χ0) is 19.9. The summed E-state index contributed by atoms with van der Waals surface area (Å²) >= 11 is 1.52. The number of nitrogens with one attached hydrogen (secondary N) is 1. The van der Waals surface area contributed by atoms with Crippen LogP contribution in [0.3, 0.4) is 0 Å². The van der Waals surface area contributed by atoms with Crippen LogP contribution in [0.4, 0.5) is 5.13 Å². The Balaban J connectivity index is 0.00000300. The first-order valence-electron chi connectivity index (χ1n) is 10.6. The Bertz CT molecular complexity index is 636. The van der Waals surface area contributed by atoms with Crippen LogP contribution in [0.2, 0.25) is 0 Å². The van der Waals surface area contributed by atoms with Gasteiger partial charge in [0.05, 0.1) is 19.8 Å². The Morgan fingerprint density at radius 3 is 2.66 bits per heavy atom. The number of aryl methyl sites for hydroxylation is 1. The first-order chi connectivity index (χ1) is 13.6. The van der Waals surface area contributed by atoms with E-state index in [-0.39, 0.29) is 24.0 Å². The van der Waals surface area contributed by atoms with Gasteiger partial charge in [-0.25, -0.2) is 4.98 Å². The summed E-state index contributed by atoms with van der Waals surface area (Å²) in [5.74, 6) is 1.98. The predicted molar refractivity (Wildman–Crippen MR) is 131 cm³/mol. The summed E-state index contributed by atoms with van der Waals surface area (Å²) in [5, 5.41) is 4.53. The maximum Gasteiger partial charge on any atom is 0.205 e. The third kappa shape index (κ3) is 6.63. The Morgan fingerprint density at radius 2 is 2.03 bits per heavy atom. The summed E-state index contributed by atoms with van der Waals surface area (Å²) in [7, 11) is 0. The SMILES string of the molecule is CCNC(=NCC(C)N1CCOCC1C)N1CCN(c2nc(CC)ns2)CC1.I. The molecule has 1 aromatic heterocycles. The average Bonchev–Trinajstić information content (AvgIpc) is 3.21. The largest absolute Gasteiger partial charge is 0.379 e. The van der Waals surface area contributed by atoms with Gasteiger partial charge in [-0.15, -0.1) is 24.0 Å². The molecule has 2 fully saturated rings. The highest BCUT2D eigenvalue weighted by molar-refractivity contribution is 14.0. The van der Waals surface area contributed by atoms with Gasteiger partial charge in [0.25, 0.3) is 0 Å². The molecule has 0 amide bonds. The van der Waals surface area contributed by atoms with Crippen molar-refractivity contribution in [2.45, 2.75) is 46.2 Å². The number of anilines is 1. The van der Waals surface area contributed by atoms with Crippen LogP contribution >= 0.6 is 35.5 Å². The molecule has 10 heteroatoms. The van der Waals surface area contributed by atoms with Crippen LogP contribution in [-0.4, -0.2) is 96.2 Å². The molecule has 2 unspecified atom stereocenters. The molecule has 1 aromatic rings. The minimum absolute atomic E-state index is 0. The van der Waals surface area contributed by atoms with E-state index in [4.69, 9.17) is 9.73 Å². The zero-order valence-electron chi connectivity index (χ0n) is 18.1. The van der Waals surface area contributed by atoms with E-state index in [0.29, 0.717) is 12.1 Å². The molecule has 2 aliphatic rings. The van der Waals surface area contributed by atoms with Gasteiger partial charge in [-0.3, -0.25) is 9.89 Å². The number of hydrogen-bond donors (Lipinski definition) is 1. The highest BCUT2D eigenvalue weighted by Crippen LogP contribution is 2.19. The van der Waals surface area contributed by atoms with Gasteiger partial charge in [0.15, 0.2) is 5.96 Å². The maximum absolute atomic E-state index is 5.57. The number of aromatic nitrogens is 2. The minimum atomic E-state index is 0. The van der Waals surface area contributed by atoms with Crippen molar-refractivity contribution in [2.24, 2.45) is 4.99 Å². The monoisotopic (exact) mass is 537 g/mol. The number of halogens is 1. The van der Waals surface area contributed by atoms with E-state index >= 15 is 0 Å². The van der Waals surface area contributed by atoms with Crippen molar-refractivity contribution < 1.29 is 4.74 Å². The fraction of sp³-hybridized carbons (Fsp3) is 0.842. The highest BCUT2D eigenvalue weighted by atomic mass is 127. The van der Waals surface area contributed by atoms with Gasteiger partial charge in [0.2, 0.25) is 5.13 Å². The van der Waals surface area contributed by atoms with Gasteiger partial charge in [0, 0.05) is 69.3 Å². The molecule has 0 radical (unpaired) electrons. The number of piperazine rings is 1. The number of morpholine rings is 1. The normalized spacial score (nSPS) is 22.3. The smallest absolute Gasteiger partial charge is 0.205 e. The molecule has 8 nitrogen and oxygen atoms in total. The van der Waals surface area contributed by atoms with E-state index < -0.39 is 0 Å². The summed E-state index contributed by atoms with van der Waals surface area (Å²) in [6.07, 6.45) is 0.896. The molecule has 0 aromatic carbocycles. The number of aliphatic imine (C=N–C) groups is 1. The summed E-state index contributed by atoms with van der Waals surface area (Å²) in [6.45, 7) is 16.9. The van der Waals surface area contributed by atoms with E-state index in [1.165, 1.54) is 11.5 Å². The van der Waals surface area contributed by atoms with Crippen molar-refractivity contribution in [3.05, 3.63) is 5.82 Å². The third-order valence-electron chi connectivity index (χ3n) is 5.45. The van der Waals surface area contributed by atoms with Crippen molar-refractivity contribution in [1.82, 2.24) is 24.5 Å². The molecule has 3 rings (SSSR count). The lowest BCUT2D eigenvalue weighted by Gasteiger charge is -2.38. The molecule has 0 saturated carbocycles. The summed E-state index contributed by atoms with van der Waals surface area (Å²) in [6, 6.07) is 0.882. The van der Waals surface area contributed by atoms with Gasteiger partial charge in [-0.1, -0.05) is 6.92 Å². The lowest BCUT2D eigenvalue weighted by Crippen LogP contribution is -2.53. The van der Waals surface area contributed by atoms with Gasteiger partial charge < -0.3 is 19.9 Å². The number of hydrogen-bond acceptors (Lipinski definition) is 7. The number of ether oxygens (including phenoxy) is 1. The molecule has 2 aliphatic heterocycles. The molecular formula is C19H36IN7OS. The third-order valence-corrected chi connectivity index (χ3v) is 6.26. The average molecular weight is 538 g/mol. The van der Waals surface area contributed by atoms with Crippen molar-refractivity contribution in [3.63, 3.8) is 0 Å². The quantitative estimate of drug-likeness (QED) is 0.338. The molecule has 0 spiro atoms. The first kappa shape index (κ1) is 24.5. The van der Waals surface area contributed by atoms with Crippen molar-refractivity contribution >= 4 is 46.6 Å². The number of guanidine groups is 1. The second-order valence-corrected chi connectivity index (χ2v) is 8.26. The van der Waals surface area contributed by atoms with Crippen molar-refractivity contribution in [1.29, 1.82) is 0 Å².